The van der Waals surface area contributed by atoms with Crippen LogP contribution in [0, 0.1) is 6.92 Å². The molecule has 1 aromatic heterocycles. The molecule has 0 N–H and O–H groups in total. The summed E-state index contributed by atoms with van der Waals surface area (Å²) in [6.45, 7) is 4.97. The summed E-state index contributed by atoms with van der Waals surface area (Å²) in [5, 5.41) is 0. The molecule has 0 radical (unpaired) electrons. The van der Waals surface area contributed by atoms with Crippen LogP contribution in [0.3, 0.4) is 0 Å². The lowest BCUT2D eigenvalue weighted by molar-refractivity contribution is 0.317. The third-order valence-corrected chi connectivity index (χ3v) is 4.04. The number of hydrogen-bond donors (Lipinski definition) is 0. The minimum atomic E-state index is 0.251. The van der Waals surface area contributed by atoms with Crippen LogP contribution < -0.4 is 4.74 Å². The van der Waals surface area contributed by atoms with Crippen LogP contribution in [0.25, 0.3) is 0 Å². The van der Waals surface area contributed by atoms with Crippen molar-refractivity contribution in [1.82, 2.24) is 4.98 Å². The van der Waals surface area contributed by atoms with Crippen molar-refractivity contribution in [2.75, 3.05) is 6.61 Å². The normalized spacial score (nSPS) is 12.2. The predicted octanol–water partition coefficient (Wildman–Crippen LogP) is 4.86. The Hall–Kier alpha value is -1.35. The maximum absolute atomic E-state index is 5.68. The number of halogens is 1. The number of hydrogen-bond acceptors (Lipinski definition) is 2. The van der Waals surface area contributed by atoms with Crippen LogP contribution >= 0.6 is 15.9 Å². The van der Waals surface area contributed by atoms with Crippen LogP contribution in [0.15, 0.2) is 42.6 Å². The van der Waals surface area contributed by atoms with Gasteiger partial charge in [-0.2, -0.15) is 0 Å². The zero-order valence-electron chi connectivity index (χ0n) is 12.0. The first kappa shape index (κ1) is 15.0. The first-order chi connectivity index (χ1) is 9.70. The highest BCUT2D eigenvalue weighted by Gasteiger charge is 2.11. The lowest BCUT2D eigenvalue weighted by Crippen LogP contribution is -2.01. The number of rotatable bonds is 6. The quantitative estimate of drug-likeness (QED) is 0.704. The fraction of sp³-hybridized carbons (Fsp3) is 0.353. The number of aromatic nitrogens is 1. The number of benzene rings is 1. The molecule has 1 aromatic carbocycles. The molecule has 0 aliphatic carbocycles. The molecule has 0 saturated carbocycles. The number of nitrogens with zero attached hydrogens (tertiary/aromatic N) is 1. The molecule has 0 aliphatic heterocycles. The van der Waals surface area contributed by atoms with E-state index in [1.165, 1.54) is 11.1 Å². The maximum Gasteiger partial charge on any atom is 0.119 e. The fourth-order valence-corrected chi connectivity index (χ4v) is 2.63. The van der Waals surface area contributed by atoms with Gasteiger partial charge in [-0.3, -0.25) is 4.98 Å². The van der Waals surface area contributed by atoms with Gasteiger partial charge in [0.05, 0.1) is 6.61 Å². The predicted molar refractivity (Wildman–Crippen MR) is 86.6 cm³/mol. The minimum Gasteiger partial charge on any atom is -0.494 e. The molecule has 2 nitrogen and oxygen atoms in total. The van der Waals surface area contributed by atoms with E-state index >= 15 is 0 Å². The van der Waals surface area contributed by atoms with E-state index in [-0.39, 0.29) is 4.83 Å². The molecule has 106 valence electrons. The molecule has 1 unspecified atom stereocenters. The fourth-order valence-electron chi connectivity index (χ4n) is 2.04. The molecule has 0 bridgehead atoms. The first-order valence-corrected chi connectivity index (χ1v) is 7.89. The number of aryl methyl sites for hydroxylation is 1. The van der Waals surface area contributed by atoms with Crippen LogP contribution in [0.4, 0.5) is 0 Å². The highest BCUT2D eigenvalue weighted by atomic mass is 79.9. The molecule has 1 heterocycles. The zero-order chi connectivity index (χ0) is 14.4. The largest absolute Gasteiger partial charge is 0.494 e. The summed E-state index contributed by atoms with van der Waals surface area (Å²) < 4.78 is 5.68. The van der Waals surface area contributed by atoms with Gasteiger partial charge in [-0.25, -0.2) is 0 Å². The average Bonchev–Trinajstić information content (AvgIpc) is 2.48. The van der Waals surface area contributed by atoms with Gasteiger partial charge in [-0.15, -0.1) is 0 Å². The van der Waals surface area contributed by atoms with Gasteiger partial charge in [0.25, 0.3) is 0 Å². The molecule has 0 aliphatic rings. The van der Waals surface area contributed by atoms with E-state index in [2.05, 4.69) is 53.0 Å². The van der Waals surface area contributed by atoms with Gasteiger partial charge >= 0.3 is 0 Å². The summed E-state index contributed by atoms with van der Waals surface area (Å²) in [4.78, 5) is 4.71. The van der Waals surface area contributed by atoms with Crippen molar-refractivity contribution in [2.45, 2.75) is 31.5 Å². The highest BCUT2D eigenvalue weighted by Crippen LogP contribution is 2.29. The molecule has 1 atom stereocenters. The Kier molecular flexibility index (Phi) is 5.60. The smallest absolute Gasteiger partial charge is 0.119 e. The average molecular weight is 334 g/mol. The van der Waals surface area contributed by atoms with Crippen molar-refractivity contribution in [3.8, 4) is 5.75 Å². The summed E-state index contributed by atoms with van der Waals surface area (Å²) >= 11 is 3.76. The molecule has 2 aromatic rings. The van der Waals surface area contributed by atoms with Gasteiger partial charge in [-0.1, -0.05) is 41.1 Å². The van der Waals surface area contributed by atoms with Gasteiger partial charge in [-0.05, 0) is 42.7 Å². The van der Waals surface area contributed by atoms with Gasteiger partial charge < -0.3 is 4.74 Å². The summed E-state index contributed by atoms with van der Waals surface area (Å²) in [5.74, 6) is 0.937. The van der Waals surface area contributed by atoms with Crippen molar-refractivity contribution in [1.29, 1.82) is 0 Å². The van der Waals surface area contributed by atoms with Crippen LogP contribution in [0.1, 0.15) is 35.0 Å². The van der Waals surface area contributed by atoms with Crippen LogP contribution in [-0.4, -0.2) is 11.6 Å². The lowest BCUT2D eigenvalue weighted by Gasteiger charge is -2.13. The Balaban J connectivity index is 2.09. The molecular weight excluding hydrogens is 314 g/mol. The van der Waals surface area contributed by atoms with E-state index in [4.69, 9.17) is 4.74 Å². The molecule has 0 spiro atoms. The van der Waals surface area contributed by atoms with Gasteiger partial charge in [0.2, 0.25) is 0 Å². The molecule has 0 fully saturated rings. The molecule has 0 amide bonds. The summed E-state index contributed by atoms with van der Waals surface area (Å²) in [6, 6.07) is 12.3. The van der Waals surface area contributed by atoms with Crippen molar-refractivity contribution in [3.05, 3.63) is 59.4 Å². The van der Waals surface area contributed by atoms with Crippen molar-refractivity contribution in [2.24, 2.45) is 0 Å². The molecule has 20 heavy (non-hydrogen) atoms. The van der Waals surface area contributed by atoms with Crippen LogP contribution in [0.5, 0.6) is 5.75 Å². The lowest BCUT2D eigenvalue weighted by atomic mass is 10.0. The topological polar surface area (TPSA) is 22.1 Å². The highest BCUT2D eigenvalue weighted by molar-refractivity contribution is 9.09. The third kappa shape index (κ3) is 4.07. The first-order valence-electron chi connectivity index (χ1n) is 6.98. The molecule has 3 heteroatoms. The zero-order valence-corrected chi connectivity index (χ0v) is 13.6. The Bertz CT molecular complexity index is 556. The van der Waals surface area contributed by atoms with E-state index < -0.39 is 0 Å². The summed E-state index contributed by atoms with van der Waals surface area (Å²) in [7, 11) is 0. The van der Waals surface area contributed by atoms with Crippen molar-refractivity contribution < 1.29 is 4.74 Å². The molecule has 0 saturated heterocycles. The van der Waals surface area contributed by atoms with E-state index in [0.717, 1.165) is 30.9 Å². The van der Waals surface area contributed by atoms with Crippen LogP contribution in [0.2, 0.25) is 0 Å². The van der Waals surface area contributed by atoms with Crippen molar-refractivity contribution >= 4 is 15.9 Å². The Labute approximate surface area is 129 Å². The SMILES string of the molecule is CCCOc1cccc(C(Br)Cc2ncccc2C)c1. The van der Waals surface area contributed by atoms with Gasteiger partial charge in [0.1, 0.15) is 5.75 Å². The minimum absolute atomic E-state index is 0.251. The van der Waals surface area contributed by atoms with E-state index in [1.54, 1.807) is 0 Å². The Morgan fingerprint density at radius 2 is 2.10 bits per heavy atom. The standard InChI is InChI=1S/C17H20BrNO/c1-3-10-20-15-8-4-7-14(11-15)16(18)12-17-13(2)6-5-9-19-17/h4-9,11,16H,3,10,12H2,1-2H3. The molecular formula is C17H20BrNO. The van der Waals surface area contributed by atoms with Gasteiger partial charge in [0, 0.05) is 23.1 Å². The van der Waals surface area contributed by atoms with E-state index in [0.29, 0.717) is 0 Å². The summed E-state index contributed by atoms with van der Waals surface area (Å²) in [5.41, 5.74) is 3.59. The van der Waals surface area contributed by atoms with Crippen LogP contribution in [-0.2, 0) is 6.42 Å². The van der Waals surface area contributed by atoms with Crippen molar-refractivity contribution in [3.63, 3.8) is 0 Å². The number of ether oxygens (including phenoxy) is 1. The van der Waals surface area contributed by atoms with E-state index in [9.17, 15) is 0 Å². The second kappa shape index (κ2) is 7.44. The number of pyridine rings is 1. The second-order valence-corrected chi connectivity index (χ2v) is 5.96. The Morgan fingerprint density at radius 3 is 2.85 bits per heavy atom. The maximum atomic E-state index is 5.68. The monoisotopic (exact) mass is 333 g/mol. The van der Waals surface area contributed by atoms with E-state index in [1.807, 2.05) is 24.4 Å². The van der Waals surface area contributed by atoms with Gasteiger partial charge in [0.15, 0.2) is 0 Å². The molecule has 2 rings (SSSR count). The third-order valence-electron chi connectivity index (χ3n) is 3.18. The summed E-state index contributed by atoms with van der Waals surface area (Å²) in [6.07, 6.45) is 3.75. The Morgan fingerprint density at radius 1 is 1.25 bits per heavy atom. The second-order valence-electron chi connectivity index (χ2n) is 4.86. The number of alkyl halides is 1.